The average molecular weight is 398 g/mol. The molecule has 0 aliphatic carbocycles. The highest BCUT2D eigenvalue weighted by Gasteiger charge is 2.37. The van der Waals surface area contributed by atoms with E-state index in [1.807, 2.05) is 12.1 Å². The average Bonchev–Trinajstić information content (AvgIpc) is 3.17. The van der Waals surface area contributed by atoms with Crippen molar-refractivity contribution in [3.63, 3.8) is 0 Å². The molecule has 3 aromatic rings. The Balaban J connectivity index is 1.50. The van der Waals surface area contributed by atoms with Crippen LogP contribution >= 0.6 is 0 Å². The standard InChI is InChI=1S/C21H22N2O6/c1-12-22-23-21(27-12)13-5-7-15(8-6-13)28-16-4-2-3-14(9-16)20-19(26)18(25)10-17(11-24)29-20/h2-9,17-20,24-26H,10-11H2,1H3/t17-,18-,19-,20+/m0/s1. The first-order valence-corrected chi connectivity index (χ1v) is 9.34. The lowest BCUT2D eigenvalue weighted by Gasteiger charge is -2.36. The van der Waals surface area contributed by atoms with E-state index >= 15 is 0 Å². The van der Waals surface area contributed by atoms with E-state index in [-0.39, 0.29) is 13.0 Å². The number of aliphatic hydroxyl groups is 3. The SMILES string of the molecule is Cc1nnc(-c2ccc(Oc3cccc([C@H]4O[C@H](CO)C[C@H](O)[C@@H]4O)c3)cc2)o1. The molecular weight excluding hydrogens is 376 g/mol. The van der Waals surface area contributed by atoms with Gasteiger partial charge >= 0.3 is 0 Å². The van der Waals surface area contributed by atoms with Crippen molar-refractivity contribution in [2.75, 3.05) is 6.61 Å². The van der Waals surface area contributed by atoms with Crippen molar-refractivity contribution < 1.29 is 29.2 Å². The molecule has 1 aliphatic rings. The summed E-state index contributed by atoms with van der Waals surface area (Å²) >= 11 is 0. The van der Waals surface area contributed by atoms with Crippen LogP contribution in [0.2, 0.25) is 0 Å². The molecule has 2 aromatic carbocycles. The molecule has 0 spiro atoms. The van der Waals surface area contributed by atoms with Crippen LogP contribution in [0.3, 0.4) is 0 Å². The summed E-state index contributed by atoms with van der Waals surface area (Å²) in [4.78, 5) is 0. The third kappa shape index (κ3) is 4.30. The van der Waals surface area contributed by atoms with Gasteiger partial charge in [0, 0.05) is 18.9 Å². The molecule has 152 valence electrons. The molecule has 4 rings (SSSR count). The minimum atomic E-state index is -1.08. The van der Waals surface area contributed by atoms with Crippen molar-refractivity contribution in [2.45, 2.75) is 37.8 Å². The third-order valence-electron chi connectivity index (χ3n) is 4.80. The fraction of sp³-hybridized carbons (Fsp3) is 0.333. The number of benzene rings is 2. The number of aryl methyl sites for hydroxylation is 1. The molecule has 0 radical (unpaired) electrons. The molecule has 29 heavy (non-hydrogen) atoms. The second-order valence-corrected chi connectivity index (χ2v) is 6.98. The van der Waals surface area contributed by atoms with E-state index in [1.165, 1.54) is 0 Å². The lowest BCUT2D eigenvalue weighted by molar-refractivity contribution is -0.179. The minimum absolute atomic E-state index is 0.191. The molecular formula is C21H22N2O6. The van der Waals surface area contributed by atoms with Gasteiger partial charge in [-0.05, 0) is 42.0 Å². The Kier molecular flexibility index (Phi) is 5.59. The highest BCUT2D eigenvalue weighted by molar-refractivity contribution is 5.54. The molecule has 1 fully saturated rings. The molecule has 3 N–H and O–H groups in total. The summed E-state index contributed by atoms with van der Waals surface area (Å²) < 4.78 is 17.1. The van der Waals surface area contributed by atoms with Crippen molar-refractivity contribution in [1.29, 1.82) is 0 Å². The van der Waals surface area contributed by atoms with Crippen molar-refractivity contribution in [1.82, 2.24) is 10.2 Å². The van der Waals surface area contributed by atoms with Gasteiger partial charge in [-0.3, -0.25) is 0 Å². The van der Waals surface area contributed by atoms with E-state index in [1.54, 1.807) is 43.3 Å². The number of aliphatic hydroxyl groups excluding tert-OH is 3. The largest absolute Gasteiger partial charge is 0.457 e. The van der Waals surface area contributed by atoms with E-state index in [4.69, 9.17) is 13.9 Å². The van der Waals surface area contributed by atoms with Crippen molar-refractivity contribution in [3.8, 4) is 23.0 Å². The van der Waals surface area contributed by atoms with Gasteiger partial charge in [0.05, 0.1) is 18.8 Å². The Morgan fingerprint density at radius 2 is 1.86 bits per heavy atom. The maximum absolute atomic E-state index is 10.3. The molecule has 0 saturated carbocycles. The summed E-state index contributed by atoms with van der Waals surface area (Å²) in [7, 11) is 0. The number of hydrogen-bond donors (Lipinski definition) is 3. The fourth-order valence-corrected chi connectivity index (χ4v) is 3.32. The Labute approximate surface area is 167 Å². The summed E-state index contributed by atoms with van der Waals surface area (Å²) in [5.74, 6) is 2.11. The zero-order chi connectivity index (χ0) is 20.4. The highest BCUT2D eigenvalue weighted by atomic mass is 16.5. The van der Waals surface area contributed by atoms with Crippen LogP contribution in [-0.2, 0) is 4.74 Å². The Hall–Kier alpha value is -2.78. The Morgan fingerprint density at radius 3 is 2.55 bits per heavy atom. The molecule has 2 heterocycles. The van der Waals surface area contributed by atoms with E-state index in [2.05, 4.69) is 10.2 Å². The van der Waals surface area contributed by atoms with Gasteiger partial charge in [-0.15, -0.1) is 10.2 Å². The highest BCUT2D eigenvalue weighted by Crippen LogP contribution is 2.34. The van der Waals surface area contributed by atoms with Crippen LogP contribution in [0, 0.1) is 6.92 Å². The summed E-state index contributed by atoms with van der Waals surface area (Å²) in [5, 5.41) is 37.5. The minimum Gasteiger partial charge on any atom is -0.457 e. The molecule has 0 unspecified atom stereocenters. The van der Waals surface area contributed by atoms with Gasteiger partial charge in [-0.1, -0.05) is 12.1 Å². The zero-order valence-electron chi connectivity index (χ0n) is 15.8. The van der Waals surface area contributed by atoms with Crippen LogP contribution in [0.15, 0.2) is 52.9 Å². The van der Waals surface area contributed by atoms with E-state index in [0.29, 0.717) is 28.8 Å². The summed E-state index contributed by atoms with van der Waals surface area (Å²) in [6.07, 6.45) is -3.12. The summed E-state index contributed by atoms with van der Waals surface area (Å²) in [6, 6.07) is 14.3. The molecule has 1 aliphatic heterocycles. The maximum Gasteiger partial charge on any atom is 0.247 e. The fourth-order valence-electron chi connectivity index (χ4n) is 3.32. The van der Waals surface area contributed by atoms with Crippen LogP contribution in [0.1, 0.15) is 24.0 Å². The molecule has 4 atom stereocenters. The van der Waals surface area contributed by atoms with E-state index in [0.717, 1.165) is 5.56 Å². The molecule has 1 aromatic heterocycles. The number of rotatable bonds is 5. The van der Waals surface area contributed by atoms with Crippen molar-refractivity contribution >= 4 is 0 Å². The first-order chi connectivity index (χ1) is 14.0. The van der Waals surface area contributed by atoms with Gasteiger partial charge < -0.3 is 29.2 Å². The monoisotopic (exact) mass is 398 g/mol. The number of aromatic nitrogens is 2. The first-order valence-electron chi connectivity index (χ1n) is 9.34. The van der Waals surface area contributed by atoms with Crippen LogP contribution in [0.25, 0.3) is 11.5 Å². The molecule has 8 nitrogen and oxygen atoms in total. The Morgan fingerprint density at radius 1 is 1.07 bits per heavy atom. The number of nitrogens with zero attached hydrogens (tertiary/aromatic N) is 2. The maximum atomic E-state index is 10.3. The molecule has 0 amide bonds. The molecule has 0 bridgehead atoms. The smallest absolute Gasteiger partial charge is 0.247 e. The zero-order valence-corrected chi connectivity index (χ0v) is 15.8. The second-order valence-electron chi connectivity index (χ2n) is 6.98. The van der Waals surface area contributed by atoms with Gasteiger partial charge in [0.15, 0.2) is 0 Å². The van der Waals surface area contributed by atoms with Gasteiger partial charge in [0.25, 0.3) is 0 Å². The van der Waals surface area contributed by atoms with Crippen LogP contribution in [0.4, 0.5) is 0 Å². The number of hydrogen-bond acceptors (Lipinski definition) is 8. The summed E-state index contributed by atoms with van der Waals surface area (Å²) in [6.45, 7) is 1.51. The van der Waals surface area contributed by atoms with Gasteiger partial charge in [-0.25, -0.2) is 0 Å². The van der Waals surface area contributed by atoms with E-state index < -0.39 is 24.4 Å². The van der Waals surface area contributed by atoms with Crippen LogP contribution in [-0.4, -0.2) is 50.4 Å². The molecule has 1 saturated heterocycles. The topological polar surface area (TPSA) is 118 Å². The van der Waals surface area contributed by atoms with Crippen molar-refractivity contribution in [3.05, 3.63) is 60.0 Å². The predicted molar refractivity (Wildman–Crippen MR) is 102 cm³/mol. The van der Waals surface area contributed by atoms with Gasteiger partial charge in [0.2, 0.25) is 11.8 Å². The first kappa shape index (κ1) is 19.5. The lowest BCUT2D eigenvalue weighted by atomic mass is 9.93. The van der Waals surface area contributed by atoms with Crippen molar-refractivity contribution in [2.24, 2.45) is 0 Å². The normalized spacial score (nSPS) is 24.4. The molecule has 8 heteroatoms. The van der Waals surface area contributed by atoms with Crippen LogP contribution in [0.5, 0.6) is 11.5 Å². The second kappa shape index (κ2) is 8.30. The van der Waals surface area contributed by atoms with Gasteiger partial charge in [-0.2, -0.15) is 0 Å². The van der Waals surface area contributed by atoms with E-state index in [9.17, 15) is 15.3 Å². The number of ether oxygens (including phenoxy) is 2. The quantitative estimate of drug-likeness (QED) is 0.600. The van der Waals surface area contributed by atoms with Gasteiger partial charge in [0.1, 0.15) is 23.7 Å². The predicted octanol–water partition coefficient (Wildman–Crippen LogP) is 2.38. The van der Waals surface area contributed by atoms with Crippen LogP contribution < -0.4 is 4.74 Å². The third-order valence-corrected chi connectivity index (χ3v) is 4.80. The lowest BCUT2D eigenvalue weighted by Crippen LogP contribution is -2.44. The Bertz CT molecular complexity index is 958. The summed E-state index contributed by atoms with van der Waals surface area (Å²) in [5.41, 5.74) is 1.44.